The number of alkyl halides is 3. The molecule has 0 aliphatic heterocycles. The maximum atomic E-state index is 12.5. The van der Waals surface area contributed by atoms with Crippen molar-refractivity contribution in [3.63, 3.8) is 0 Å². The minimum Gasteiger partial charge on any atom is -0.336 e. The van der Waals surface area contributed by atoms with E-state index in [1.165, 1.54) is 12.1 Å². The van der Waals surface area contributed by atoms with Crippen molar-refractivity contribution in [3.8, 4) is 0 Å². The van der Waals surface area contributed by atoms with E-state index in [-0.39, 0.29) is 5.69 Å². The Kier molecular flexibility index (Phi) is 4.26. The lowest BCUT2D eigenvalue weighted by atomic mass is 10.2. The Bertz CT molecular complexity index is 423. The van der Waals surface area contributed by atoms with Crippen LogP contribution in [0.1, 0.15) is 19.4 Å². The number of benzene rings is 1. The van der Waals surface area contributed by atoms with Gasteiger partial charge in [-0.2, -0.15) is 13.2 Å². The Morgan fingerprint density at radius 2 is 1.82 bits per heavy atom. The number of hydrogen-bond donors (Lipinski definition) is 1. The third-order valence-electron chi connectivity index (χ3n) is 2.54. The van der Waals surface area contributed by atoms with E-state index in [0.717, 1.165) is 12.1 Å². The first kappa shape index (κ1) is 14.1. The van der Waals surface area contributed by atoms with E-state index in [4.69, 9.17) is 0 Å². The highest BCUT2D eigenvalue weighted by atomic mass is 31.2. The zero-order valence-electron chi connectivity index (χ0n) is 9.71. The van der Waals surface area contributed by atoms with Gasteiger partial charge in [0, 0.05) is 18.0 Å². The molecule has 0 spiro atoms. The Labute approximate surface area is 98.6 Å². The van der Waals surface area contributed by atoms with Gasteiger partial charge in [-0.3, -0.25) is 0 Å². The Morgan fingerprint density at radius 1 is 1.24 bits per heavy atom. The summed E-state index contributed by atoms with van der Waals surface area (Å²) in [7, 11) is -2.59. The number of halogens is 3. The molecule has 1 N–H and O–H groups in total. The molecule has 0 saturated heterocycles. The average molecular weight is 265 g/mol. The first-order chi connectivity index (χ1) is 7.80. The largest absolute Gasteiger partial charge is 0.416 e. The molecule has 0 aromatic heterocycles. The first-order valence-corrected chi connectivity index (χ1v) is 7.42. The van der Waals surface area contributed by atoms with Crippen molar-refractivity contribution in [3.05, 3.63) is 29.8 Å². The highest BCUT2D eigenvalue weighted by molar-refractivity contribution is 7.65. The van der Waals surface area contributed by atoms with E-state index in [1.807, 2.05) is 0 Å². The van der Waals surface area contributed by atoms with Crippen molar-refractivity contribution in [2.75, 3.05) is 17.4 Å². The summed E-state index contributed by atoms with van der Waals surface area (Å²) in [5, 5.41) is 2.72. The monoisotopic (exact) mass is 265 g/mol. The van der Waals surface area contributed by atoms with Gasteiger partial charge in [0.2, 0.25) is 0 Å². The maximum Gasteiger partial charge on any atom is 0.416 e. The van der Waals surface area contributed by atoms with Gasteiger partial charge in [0.15, 0.2) is 7.29 Å². The van der Waals surface area contributed by atoms with Gasteiger partial charge in [-0.25, -0.2) is 0 Å². The van der Waals surface area contributed by atoms with Gasteiger partial charge in [-0.05, 0) is 18.2 Å². The van der Waals surface area contributed by atoms with E-state index in [1.54, 1.807) is 13.8 Å². The SMILES string of the molecule is CCP(=O)(CC)Nc1cccc(C(F)(F)F)c1. The van der Waals surface area contributed by atoms with Crippen molar-refractivity contribution in [2.24, 2.45) is 0 Å². The second kappa shape index (κ2) is 5.13. The van der Waals surface area contributed by atoms with Crippen LogP contribution in [0.15, 0.2) is 24.3 Å². The Morgan fingerprint density at radius 3 is 2.29 bits per heavy atom. The summed E-state index contributed by atoms with van der Waals surface area (Å²) in [4.78, 5) is 0. The van der Waals surface area contributed by atoms with Gasteiger partial charge < -0.3 is 9.65 Å². The molecule has 0 bridgehead atoms. The van der Waals surface area contributed by atoms with Crippen molar-refractivity contribution < 1.29 is 17.7 Å². The number of rotatable bonds is 4. The van der Waals surface area contributed by atoms with Gasteiger partial charge in [-0.1, -0.05) is 19.9 Å². The molecule has 17 heavy (non-hydrogen) atoms. The summed E-state index contributed by atoms with van der Waals surface area (Å²) in [5.41, 5.74) is -0.479. The Hall–Kier alpha value is -0.960. The molecule has 0 fully saturated rings. The zero-order valence-corrected chi connectivity index (χ0v) is 10.6. The summed E-state index contributed by atoms with van der Waals surface area (Å²) in [5.74, 6) is 0. The fourth-order valence-electron chi connectivity index (χ4n) is 1.38. The van der Waals surface area contributed by atoms with E-state index in [9.17, 15) is 17.7 Å². The number of nitrogens with one attached hydrogen (secondary N) is 1. The minimum atomic E-state index is -4.37. The molecule has 0 unspecified atom stereocenters. The molecule has 0 saturated carbocycles. The van der Waals surface area contributed by atoms with Crippen LogP contribution in [0.3, 0.4) is 0 Å². The second-order valence-corrected chi connectivity index (χ2v) is 6.98. The topological polar surface area (TPSA) is 29.1 Å². The molecule has 1 aromatic rings. The second-order valence-electron chi connectivity index (χ2n) is 3.71. The molecule has 0 atom stereocenters. The lowest BCUT2D eigenvalue weighted by Crippen LogP contribution is -2.06. The lowest BCUT2D eigenvalue weighted by molar-refractivity contribution is -0.137. The Balaban J connectivity index is 2.98. The normalized spacial score (nSPS) is 12.5. The molecule has 0 radical (unpaired) electrons. The molecular weight excluding hydrogens is 250 g/mol. The van der Waals surface area contributed by atoms with E-state index in [0.29, 0.717) is 12.3 Å². The summed E-state index contributed by atoms with van der Waals surface area (Å²) < 4.78 is 49.5. The predicted molar refractivity (Wildman–Crippen MR) is 63.8 cm³/mol. The first-order valence-electron chi connectivity index (χ1n) is 5.34. The molecule has 0 amide bonds. The highest BCUT2D eigenvalue weighted by Crippen LogP contribution is 2.45. The summed E-state index contributed by atoms with van der Waals surface area (Å²) in [6.07, 6.45) is -3.54. The van der Waals surface area contributed by atoms with Crippen LogP contribution in [0.25, 0.3) is 0 Å². The molecule has 0 heterocycles. The smallest absolute Gasteiger partial charge is 0.336 e. The fraction of sp³-hybridized carbons (Fsp3) is 0.455. The van der Waals surface area contributed by atoms with Crippen molar-refractivity contribution in [1.82, 2.24) is 0 Å². The number of anilines is 1. The molecular formula is C11H15F3NOP. The summed E-state index contributed by atoms with van der Waals surface area (Å²) in [6, 6.07) is 4.78. The summed E-state index contributed by atoms with van der Waals surface area (Å²) in [6.45, 7) is 3.51. The highest BCUT2D eigenvalue weighted by Gasteiger charge is 2.30. The average Bonchev–Trinajstić information content (AvgIpc) is 2.28. The van der Waals surface area contributed by atoms with Crippen molar-refractivity contribution in [2.45, 2.75) is 20.0 Å². The number of hydrogen-bond acceptors (Lipinski definition) is 1. The molecule has 0 aliphatic rings. The van der Waals surface area contributed by atoms with Crippen LogP contribution in [-0.2, 0) is 10.7 Å². The molecule has 96 valence electrons. The third kappa shape index (κ3) is 3.77. The van der Waals surface area contributed by atoms with Gasteiger partial charge >= 0.3 is 6.18 Å². The standard InChI is InChI=1S/C11H15F3NOP/c1-3-17(16,4-2)15-10-7-5-6-9(8-10)11(12,13)14/h5-8H,3-4H2,1-2H3,(H,15,16). The van der Waals surface area contributed by atoms with Crippen LogP contribution in [0.2, 0.25) is 0 Å². The van der Waals surface area contributed by atoms with Crippen LogP contribution in [-0.4, -0.2) is 12.3 Å². The fourth-order valence-corrected chi connectivity index (χ4v) is 2.76. The van der Waals surface area contributed by atoms with Gasteiger partial charge in [0.25, 0.3) is 0 Å². The molecule has 1 aromatic carbocycles. The van der Waals surface area contributed by atoms with Gasteiger partial charge in [0.1, 0.15) is 0 Å². The van der Waals surface area contributed by atoms with Crippen LogP contribution >= 0.6 is 7.29 Å². The predicted octanol–water partition coefficient (Wildman–Crippen LogP) is 4.44. The van der Waals surface area contributed by atoms with Crippen molar-refractivity contribution in [1.29, 1.82) is 0 Å². The van der Waals surface area contributed by atoms with Gasteiger partial charge in [0.05, 0.1) is 5.56 Å². The third-order valence-corrected chi connectivity index (χ3v) is 5.25. The lowest BCUT2D eigenvalue weighted by Gasteiger charge is -2.18. The molecule has 2 nitrogen and oxygen atoms in total. The van der Waals surface area contributed by atoms with Crippen LogP contribution in [0, 0.1) is 0 Å². The van der Waals surface area contributed by atoms with E-state index < -0.39 is 19.0 Å². The zero-order chi connectivity index (χ0) is 13.1. The maximum absolute atomic E-state index is 12.5. The van der Waals surface area contributed by atoms with Crippen LogP contribution in [0.5, 0.6) is 0 Å². The van der Waals surface area contributed by atoms with Gasteiger partial charge in [-0.15, -0.1) is 0 Å². The van der Waals surface area contributed by atoms with Crippen LogP contribution in [0.4, 0.5) is 18.9 Å². The van der Waals surface area contributed by atoms with E-state index >= 15 is 0 Å². The molecule has 0 aliphatic carbocycles. The van der Waals surface area contributed by atoms with Crippen molar-refractivity contribution >= 4 is 13.0 Å². The quantitative estimate of drug-likeness (QED) is 0.815. The van der Waals surface area contributed by atoms with Crippen LogP contribution < -0.4 is 5.09 Å². The van der Waals surface area contributed by atoms with E-state index in [2.05, 4.69) is 5.09 Å². The summed E-state index contributed by atoms with van der Waals surface area (Å²) >= 11 is 0. The molecule has 1 rings (SSSR count). The molecule has 6 heteroatoms. The minimum absolute atomic E-state index is 0.256.